The number of hydrogen-bond acceptors (Lipinski definition) is 8. The minimum absolute atomic E-state index is 0.304. The van der Waals surface area contributed by atoms with Gasteiger partial charge in [0.05, 0.1) is 5.75 Å². The fourth-order valence-corrected chi connectivity index (χ4v) is 3.85. The van der Waals surface area contributed by atoms with Gasteiger partial charge in [-0.15, -0.1) is 10.2 Å². The van der Waals surface area contributed by atoms with E-state index in [1.807, 2.05) is 18.2 Å². The van der Waals surface area contributed by atoms with Crippen molar-refractivity contribution in [2.75, 3.05) is 5.32 Å². The quantitative estimate of drug-likeness (QED) is 0.454. The standard InChI is InChI=1S/C18H14FN5OS2/c19-14-8-6-13(7-9-14)16-21-15(24-25-16)11-26-18-23-22-17(27-18)20-10-12-4-2-1-3-5-12/h1-9H,10-11H2,(H,20,22). The molecule has 2 aromatic heterocycles. The molecule has 0 fully saturated rings. The Kier molecular flexibility index (Phi) is 5.40. The largest absolute Gasteiger partial charge is 0.356 e. The summed E-state index contributed by atoms with van der Waals surface area (Å²) in [5.74, 6) is 1.13. The first-order valence-electron chi connectivity index (χ1n) is 8.09. The second-order valence-corrected chi connectivity index (χ2v) is 7.72. The lowest BCUT2D eigenvalue weighted by molar-refractivity contribution is 0.425. The highest BCUT2D eigenvalue weighted by atomic mass is 32.2. The summed E-state index contributed by atoms with van der Waals surface area (Å²) >= 11 is 2.96. The molecule has 0 radical (unpaired) electrons. The van der Waals surface area contributed by atoms with Crippen molar-refractivity contribution in [1.29, 1.82) is 0 Å². The first kappa shape index (κ1) is 17.6. The second-order valence-electron chi connectivity index (χ2n) is 5.52. The Morgan fingerprint density at radius 3 is 2.67 bits per heavy atom. The number of nitrogens with zero attached hydrogens (tertiary/aromatic N) is 4. The molecule has 0 amide bonds. The van der Waals surface area contributed by atoms with Crippen LogP contribution in [0.2, 0.25) is 0 Å². The number of halogens is 1. The number of thioether (sulfide) groups is 1. The molecule has 0 unspecified atom stereocenters. The number of anilines is 1. The zero-order chi connectivity index (χ0) is 18.5. The summed E-state index contributed by atoms with van der Waals surface area (Å²) in [5, 5.41) is 16.3. The molecule has 0 bridgehead atoms. The lowest BCUT2D eigenvalue weighted by atomic mass is 10.2. The first-order chi connectivity index (χ1) is 13.3. The van der Waals surface area contributed by atoms with Crippen LogP contribution in [0.5, 0.6) is 0 Å². The van der Waals surface area contributed by atoms with Crippen LogP contribution in [-0.4, -0.2) is 20.3 Å². The summed E-state index contributed by atoms with van der Waals surface area (Å²) in [6.45, 7) is 0.700. The maximum absolute atomic E-state index is 13.0. The highest BCUT2D eigenvalue weighted by Gasteiger charge is 2.11. The lowest BCUT2D eigenvalue weighted by Gasteiger charge is -2.00. The molecular formula is C18H14FN5OS2. The molecule has 136 valence electrons. The average Bonchev–Trinajstić information content (AvgIpc) is 3.36. The molecule has 2 aromatic carbocycles. The molecule has 0 aliphatic rings. The third-order valence-electron chi connectivity index (χ3n) is 3.58. The molecule has 4 aromatic rings. The molecule has 0 atom stereocenters. The molecule has 0 saturated heterocycles. The molecule has 4 rings (SSSR count). The van der Waals surface area contributed by atoms with Gasteiger partial charge in [-0.25, -0.2) is 4.39 Å². The highest BCUT2D eigenvalue weighted by molar-refractivity contribution is 8.00. The topological polar surface area (TPSA) is 76.7 Å². The molecule has 9 heteroatoms. The van der Waals surface area contributed by atoms with Crippen LogP contribution in [0.1, 0.15) is 11.4 Å². The van der Waals surface area contributed by atoms with E-state index in [1.54, 1.807) is 12.1 Å². The van der Waals surface area contributed by atoms with E-state index in [1.165, 1.54) is 40.8 Å². The Morgan fingerprint density at radius 2 is 1.85 bits per heavy atom. The third-order valence-corrected chi connectivity index (χ3v) is 5.59. The van der Waals surface area contributed by atoms with Crippen molar-refractivity contribution in [2.45, 2.75) is 16.6 Å². The van der Waals surface area contributed by atoms with Gasteiger partial charge >= 0.3 is 0 Å². The van der Waals surface area contributed by atoms with Crippen molar-refractivity contribution in [3.63, 3.8) is 0 Å². The predicted octanol–water partition coefficient (Wildman–Crippen LogP) is 4.63. The van der Waals surface area contributed by atoms with E-state index in [4.69, 9.17) is 4.52 Å². The van der Waals surface area contributed by atoms with Gasteiger partial charge in [-0.05, 0) is 29.8 Å². The van der Waals surface area contributed by atoms with Crippen LogP contribution in [0.4, 0.5) is 9.52 Å². The van der Waals surface area contributed by atoms with E-state index in [-0.39, 0.29) is 5.82 Å². The summed E-state index contributed by atoms with van der Waals surface area (Å²) in [4.78, 5) is 4.33. The maximum Gasteiger partial charge on any atom is 0.257 e. The number of nitrogens with one attached hydrogen (secondary N) is 1. The number of hydrogen-bond donors (Lipinski definition) is 1. The van der Waals surface area contributed by atoms with Crippen LogP contribution in [0.15, 0.2) is 63.5 Å². The number of aromatic nitrogens is 4. The maximum atomic E-state index is 13.0. The van der Waals surface area contributed by atoms with Crippen LogP contribution < -0.4 is 5.32 Å². The Hall–Kier alpha value is -2.78. The molecule has 6 nitrogen and oxygen atoms in total. The van der Waals surface area contributed by atoms with Gasteiger partial charge < -0.3 is 9.84 Å². The van der Waals surface area contributed by atoms with E-state index in [0.29, 0.717) is 29.6 Å². The van der Waals surface area contributed by atoms with Crippen LogP contribution in [0.25, 0.3) is 11.5 Å². The van der Waals surface area contributed by atoms with Crippen molar-refractivity contribution in [3.8, 4) is 11.5 Å². The molecule has 0 spiro atoms. The minimum Gasteiger partial charge on any atom is -0.356 e. The Bertz CT molecular complexity index is 1000. The van der Waals surface area contributed by atoms with Crippen molar-refractivity contribution in [3.05, 3.63) is 71.8 Å². The normalized spacial score (nSPS) is 10.9. The van der Waals surface area contributed by atoms with Gasteiger partial charge in [0, 0.05) is 12.1 Å². The summed E-state index contributed by atoms with van der Waals surface area (Å²) < 4.78 is 19.0. The van der Waals surface area contributed by atoms with Crippen LogP contribution in [0.3, 0.4) is 0 Å². The van der Waals surface area contributed by atoms with Crippen molar-refractivity contribution in [1.82, 2.24) is 20.3 Å². The number of benzene rings is 2. The monoisotopic (exact) mass is 399 g/mol. The van der Waals surface area contributed by atoms with E-state index in [9.17, 15) is 4.39 Å². The fourth-order valence-electron chi connectivity index (χ4n) is 2.26. The molecule has 0 saturated carbocycles. The lowest BCUT2D eigenvalue weighted by Crippen LogP contribution is -1.98. The summed E-state index contributed by atoms with van der Waals surface area (Å²) in [6.07, 6.45) is 0. The Labute approximate surface area is 162 Å². The predicted molar refractivity (Wildman–Crippen MR) is 103 cm³/mol. The molecule has 27 heavy (non-hydrogen) atoms. The van der Waals surface area contributed by atoms with Gasteiger partial charge in [0.15, 0.2) is 10.2 Å². The Balaban J connectivity index is 1.32. The van der Waals surface area contributed by atoms with Crippen molar-refractivity contribution < 1.29 is 8.91 Å². The Morgan fingerprint density at radius 1 is 1.04 bits per heavy atom. The zero-order valence-corrected chi connectivity index (χ0v) is 15.6. The molecular weight excluding hydrogens is 385 g/mol. The van der Waals surface area contributed by atoms with E-state index in [0.717, 1.165) is 9.47 Å². The highest BCUT2D eigenvalue weighted by Crippen LogP contribution is 2.28. The molecule has 0 aliphatic carbocycles. The summed E-state index contributed by atoms with van der Waals surface area (Å²) in [5.41, 5.74) is 1.87. The van der Waals surface area contributed by atoms with E-state index < -0.39 is 0 Å². The SMILES string of the molecule is Fc1ccc(-c2nc(CSc3nnc(NCc4ccccc4)s3)no2)cc1. The van der Waals surface area contributed by atoms with Gasteiger partial charge in [0.2, 0.25) is 5.13 Å². The van der Waals surface area contributed by atoms with Gasteiger partial charge in [0.25, 0.3) is 5.89 Å². The fraction of sp³-hybridized carbons (Fsp3) is 0.111. The third kappa shape index (κ3) is 4.69. The van der Waals surface area contributed by atoms with Crippen LogP contribution in [-0.2, 0) is 12.3 Å². The van der Waals surface area contributed by atoms with Crippen molar-refractivity contribution >= 4 is 28.2 Å². The summed E-state index contributed by atoms with van der Waals surface area (Å²) in [7, 11) is 0. The molecule has 0 aliphatic heterocycles. The zero-order valence-electron chi connectivity index (χ0n) is 14.0. The van der Waals surface area contributed by atoms with Crippen molar-refractivity contribution in [2.24, 2.45) is 0 Å². The average molecular weight is 399 g/mol. The second kappa shape index (κ2) is 8.28. The van der Waals surface area contributed by atoms with Gasteiger partial charge in [-0.1, -0.05) is 58.6 Å². The molecule has 1 N–H and O–H groups in total. The molecule has 2 heterocycles. The van der Waals surface area contributed by atoms with E-state index >= 15 is 0 Å². The van der Waals surface area contributed by atoms with E-state index in [2.05, 4.69) is 37.8 Å². The first-order valence-corrected chi connectivity index (χ1v) is 9.89. The van der Waals surface area contributed by atoms with Gasteiger partial charge in [-0.3, -0.25) is 0 Å². The van der Waals surface area contributed by atoms with Gasteiger partial charge in [-0.2, -0.15) is 4.98 Å². The van der Waals surface area contributed by atoms with Gasteiger partial charge in [0.1, 0.15) is 5.82 Å². The number of rotatable bonds is 7. The summed E-state index contributed by atoms with van der Waals surface area (Å²) in [6, 6.07) is 16.0. The smallest absolute Gasteiger partial charge is 0.257 e. The van der Waals surface area contributed by atoms with Crippen LogP contribution >= 0.6 is 23.1 Å². The van der Waals surface area contributed by atoms with Crippen LogP contribution in [0, 0.1) is 5.82 Å². The minimum atomic E-state index is -0.304.